The third kappa shape index (κ3) is 5.04. The van der Waals surface area contributed by atoms with E-state index in [0.717, 1.165) is 12.0 Å². The molecule has 0 atom stereocenters. The van der Waals surface area contributed by atoms with Gasteiger partial charge < -0.3 is 10.6 Å². The van der Waals surface area contributed by atoms with Gasteiger partial charge in [0.05, 0.1) is 5.02 Å². The molecule has 1 rings (SSSR count). The number of carbonyl (C=O) groups is 1. The number of benzene rings is 1. The smallest absolute Gasteiger partial charge is 0.314 e. The average Bonchev–Trinajstić information content (AvgIpc) is 2.31. The summed E-state index contributed by atoms with van der Waals surface area (Å²) in [6.45, 7) is 3.15. The highest BCUT2D eigenvalue weighted by atomic mass is 35.5. The van der Waals surface area contributed by atoms with Gasteiger partial charge in [-0.1, -0.05) is 24.6 Å². The number of rotatable bonds is 5. The van der Waals surface area contributed by atoms with E-state index in [2.05, 4.69) is 10.6 Å². The van der Waals surface area contributed by atoms with E-state index in [9.17, 15) is 9.18 Å². The maximum Gasteiger partial charge on any atom is 0.314 e. The minimum absolute atomic E-state index is 0.109. The quantitative estimate of drug-likeness (QED) is 0.838. The van der Waals surface area contributed by atoms with Crippen molar-refractivity contribution < 1.29 is 9.18 Å². The molecule has 0 bridgehead atoms. The second-order valence-corrected chi connectivity index (χ2v) is 4.09. The van der Waals surface area contributed by atoms with E-state index < -0.39 is 5.82 Å². The summed E-state index contributed by atoms with van der Waals surface area (Å²) in [6.07, 6.45) is 1.53. The lowest BCUT2D eigenvalue weighted by Crippen LogP contribution is -2.36. The van der Waals surface area contributed by atoms with Crippen LogP contribution in [0.4, 0.5) is 9.18 Å². The number of nitrogens with one attached hydrogen (secondary N) is 2. The van der Waals surface area contributed by atoms with Crippen LogP contribution in [0.2, 0.25) is 5.02 Å². The molecule has 0 saturated heterocycles. The predicted octanol–water partition coefficient (Wildman–Crippen LogP) is 2.73. The Labute approximate surface area is 105 Å². The number of carbonyl (C=O) groups excluding carboxylic acids is 1. The lowest BCUT2D eigenvalue weighted by molar-refractivity contribution is 0.241. The molecule has 0 aliphatic rings. The van der Waals surface area contributed by atoms with Crippen LogP contribution in [0.15, 0.2) is 18.2 Å². The molecule has 0 radical (unpaired) electrons. The van der Waals surface area contributed by atoms with E-state index in [1.165, 1.54) is 6.07 Å². The lowest BCUT2D eigenvalue weighted by atomic mass is 10.1. The average molecular weight is 259 g/mol. The molecule has 0 heterocycles. The highest BCUT2D eigenvalue weighted by molar-refractivity contribution is 6.30. The van der Waals surface area contributed by atoms with Crippen LogP contribution in [0, 0.1) is 5.82 Å². The number of hydrogen-bond acceptors (Lipinski definition) is 1. The summed E-state index contributed by atoms with van der Waals surface area (Å²) in [5.41, 5.74) is 0.896. The normalized spacial score (nSPS) is 10.1. The van der Waals surface area contributed by atoms with Crippen LogP contribution in [0.3, 0.4) is 0 Å². The summed E-state index contributed by atoms with van der Waals surface area (Å²) in [5.74, 6) is -0.427. The van der Waals surface area contributed by atoms with Gasteiger partial charge in [-0.15, -0.1) is 0 Å². The Bertz CT molecular complexity index is 385. The molecule has 0 aromatic heterocycles. The van der Waals surface area contributed by atoms with Gasteiger partial charge in [0.2, 0.25) is 0 Å². The molecule has 1 aromatic rings. The summed E-state index contributed by atoms with van der Waals surface area (Å²) in [7, 11) is 0. The Morgan fingerprint density at radius 2 is 2.06 bits per heavy atom. The second-order valence-electron chi connectivity index (χ2n) is 3.68. The molecular formula is C12H16ClFN2O. The molecule has 0 saturated carbocycles. The lowest BCUT2D eigenvalue weighted by Gasteiger charge is -2.07. The molecule has 2 amide bonds. The van der Waals surface area contributed by atoms with Gasteiger partial charge in [-0.25, -0.2) is 9.18 Å². The van der Waals surface area contributed by atoms with Gasteiger partial charge >= 0.3 is 6.03 Å². The van der Waals surface area contributed by atoms with Gasteiger partial charge in [0, 0.05) is 13.1 Å². The maximum atomic E-state index is 12.9. The molecule has 0 aliphatic heterocycles. The van der Waals surface area contributed by atoms with Gasteiger partial charge in [0.1, 0.15) is 5.82 Å². The number of amides is 2. The number of halogens is 2. The van der Waals surface area contributed by atoms with Gasteiger partial charge in [-0.3, -0.25) is 0 Å². The topological polar surface area (TPSA) is 41.1 Å². The molecule has 0 fully saturated rings. The summed E-state index contributed by atoms with van der Waals surface area (Å²) in [5, 5.41) is 5.53. The van der Waals surface area contributed by atoms with Crippen molar-refractivity contribution in [2.75, 3.05) is 13.1 Å². The first-order chi connectivity index (χ1) is 8.13. The zero-order valence-corrected chi connectivity index (χ0v) is 10.5. The maximum absolute atomic E-state index is 12.9. The fourth-order valence-corrected chi connectivity index (χ4v) is 1.52. The molecule has 0 unspecified atom stereocenters. The van der Waals surface area contributed by atoms with E-state index in [0.29, 0.717) is 19.5 Å². The van der Waals surface area contributed by atoms with Crippen molar-refractivity contribution in [3.8, 4) is 0 Å². The predicted molar refractivity (Wildman–Crippen MR) is 66.8 cm³/mol. The van der Waals surface area contributed by atoms with E-state index in [-0.39, 0.29) is 11.1 Å². The molecule has 0 spiro atoms. The highest BCUT2D eigenvalue weighted by Crippen LogP contribution is 2.15. The number of hydrogen-bond donors (Lipinski definition) is 2. The molecule has 5 heteroatoms. The first-order valence-electron chi connectivity index (χ1n) is 5.59. The molecule has 0 aliphatic carbocycles. The fourth-order valence-electron chi connectivity index (χ4n) is 1.32. The molecule has 2 N–H and O–H groups in total. The van der Waals surface area contributed by atoms with Crippen molar-refractivity contribution in [1.82, 2.24) is 10.6 Å². The van der Waals surface area contributed by atoms with Gasteiger partial charge in [-0.2, -0.15) is 0 Å². The number of urea groups is 1. The van der Waals surface area contributed by atoms with Crippen LogP contribution in [-0.2, 0) is 6.42 Å². The molecule has 17 heavy (non-hydrogen) atoms. The van der Waals surface area contributed by atoms with Crippen LogP contribution in [0.25, 0.3) is 0 Å². The molecule has 94 valence electrons. The zero-order chi connectivity index (χ0) is 12.7. The summed E-state index contributed by atoms with van der Waals surface area (Å²) >= 11 is 5.65. The monoisotopic (exact) mass is 258 g/mol. The molecule has 3 nitrogen and oxygen atoms in total. The van der Waals surface area contributed by atoms with Crippen molar-refractivity contribution in [2.45, 2.75) is 19.8 Å². The fraction of sp³-hybridized carbons (Fsp3) is 0.417. The van der Waals surface area contributed by atoms with Gasteiger partial charge in [-0.05, 0) is 30.5 Å². The Kier molecular flexibility index (Phi) is 5.77. The summed E-state index contributed by atoms with van der Waals surface area (Å²) in [6, 6.07) is 4.38. The Morgan fingerprint density at radius 1 is 1.35 bits per heavy atom. The Morgan fingerprint density at radius 3 is 2.71 bits per heavy atom. The van der Waals surface area contributed by atoms with E-state index in [4.69, 9.17) is 11.6 Å². The van der Waals surface area contributed by atoms with Crippen LogP contribution < -0.4 is 10.6 Å². The van der Waals surface area contributed by atoms with Gasteiger partial charge in [0.15, 0.2) is 0 Å². The van der Waals surface area contributed by atoms with Crippen molar-refractivity contribution in [3.05, 3.63) is 34.6 Å². The van der Waals surface area contributed by atoms with Crippen LogP contribution in [0.5, 0.6) is 0 Å². The first kappa shape index (κ1) is 13.8. The van der Waals surface area contributed by atoms with Crippen molar-refractivity contribution in [2.24, 2.45) is 0 Å². The third-order valence-electron chi connectivity index (χ3n) is 2.22. The largest absolute Gasteiger partial charge is 0.338 e. The third-order valence-corrected chi connectivity index (χ3v) is 2.51. The van der Waals surface area contributed by atoms with E-state index in [1.54, 1.807) is 12.1 Å². The SMILES string of the molecule is CCCNC(=O)NCCc1ccc(F)c(Cl)c1. The second kappa shape index (κ2) is 7.12. The van der Waals surface area contributed by atoms with E-state index >= 15 is 0 Å². The Balaban J connectivity index is 2.30. The first-order valence-corrected chi connectivity index (χ1v) is 5.97. The van der Waals surface area contributed by atoms with Crippen LogP contribution >= 0.6 is 11.6 Å². The van der Waals surface area contributed by atoms with Crippen LogP contribution in [-0.4, -0.2) is 19.1 Å². The van der Waals surface area contributed by atoms with Crippen molar-refractivity contribution >= 4 is 17.6 Å². The molecule has 1 aromatic carbocycles. The van der Waals surface area contributed by atoms with Crippen LogP contribution in [0.1, 0.15) is 18.9 Å². The van der Waals surface area contributed by atoms with Crippen molar-refractivity contribution in [3.63, 3.8) is 0 Å². The summed E-state index contributed by atoms with van der Waals surface area (Å²) in [4.78, 5) is 11.2. The Hall–Kier alpha value is -1.29. The minimum atomic E-state index is -0.427. The standard InChI is InChI=1S/C12H16ClFN2O/c1-2-6-15-12(17)16-7-5-9-3-4-11(14)10(13)8-9/h3-4,8H,2,5-7H2,1H3,(H2,15,16,17). The van der Waals surface area contributed by atoms with E-state index in [1.807, 2.05) is 6.92 Å². The zero-order valence-electron chi connectivity index (χ0n) is 9.72. The highest BCUT2D eigenvalue weighted by Gasteiger charge is 2.02. The summed E-state index contributed by atoms with van der Waals surface area (Å²) < 4.78 is 12.9. The van der Waals surface area contributed by atoms with Crippen molar-refractivity contribution in [1.29, 1.82) is 0 Å². The van der Waals surface area contributed by atoms with Gasteiger partial charge in [0.25, 0.3) is 0 Å². The minimum Gasteiger partial charge on any atom is -0.338 e. The molecular weight excluding hydrogens is 243 g/mol.